The second-order valence-corrected chi connectivity index (χ2v) is 2.44. The summed E-state index contributed by atoms with van der Waals surface area (Å²) in [6.45, 7) is 0. The molecule has 0 aliphatic carbocycles. The van der Waals surface area contributed by atoms with Gasteiger partial charge in [-0.15, -0.1) is 0 Å². The number of nitrogen functional groups attached to an aromatic ring is 2. The first-order valence-corrected chi connectivity index (χ1v) is 3.24. The Hall–Kier alpha value is -2.25. The molecule has 0 aliphatic heterocycles. The van der Waals surface area contributed by atoms with Gasteiger partial charge in [0.25, 0.3) is 5.52 Å². The zero-order chi connectivity index (χ0) is 9.75. The maximum absolute atomic E-state index is 11.0. The van der Waals surface area contributed by atoms with Crippen LogP contribution in [0, 0.1) is 5.21 Å². The van der Waals surface area contributed by atoms with Gasteiger partial charge in [-0.2, -0.15) is 4.73 Å². The van der Waals surface area contributed by atoms with Gasteiger partial charge in [-0.3, -0.25) is 0 Å². The predicted molar refractivity (Wildman–Crippen MR) is 40.8 cm³/mol. The Morgan fingerprint density at radius 3 is 2.62 bits per heavy atom. The van der Waals surface area contributed by atoms with E-state index in [-0.39, 0.29) is 32.3 Å². The maximum atomic E-state index is 11.0. The molecule has 0 aromatic carbocycles. The van der Waals surface area contributed by atoms with E-state index in [4.69, 9.17) is 26.2 Å². The molecule has 0 atom stereocenters. The summed E-state index contributed by atoms with van der Waals surface area (Å²) in [5.74, 6) is -0.183. The van der Waals surface area contributed by atoms with Crippen LogP contribution in [0.25, 0.3) is 11.2 Å². The molecule has 8 nitrogen and oxygen atoms in total. The lowest BCUT2D eigenvalue weighted by Crippen LogP contribution is -2.24. The van der Waals surface area contributed by atoms with Gasteiger partial charge in [-0.05, 0) is 0 Å². The molecule has 2 heterocycles. The Balaban J connectivity index is 3.01. The van der Waals surface area contributed by atoms with Crippen molar-refractivity contribution in [1.82, 2.24) is 4.73 Å². The molecule has 2 aromatic heterocycles. The number of nitrogens with zero attached hydrogens (tertiary/aromatic N) is 2. The Labute approximate surface area is 70.7 Å². The number of aromatic nitrogens is 2. The van der Waals surface area contributed by atoms with Crippen LogP contribution < -0.4 is 16.2 Å². The van der Waals surface area contributed by atoms with Crippen molar-refractivity contribution in [3.63, 3.8) is 0 Å². The lowest BCUT2D eigenvalue weighted by atomic mass is 10.4. The SMILES string of the molecule is Nc1oc2c(c1N)n(O)c(O)[n+]2[O-]. The third-order valence-corrected chi connectivity index (χ3v) is 1.70. The van der Waals surface area contributed by atoms with E-state index in [2.05, 4.69) is 0 Å². The van der Waals surface area contributed by atoms with E-state index >= 15 is 0 Å². The van der Waals surface area contributed by atoms with E-state index in [0.717, 1.165) is 0 Å². The first kappa shape index (κ1) is 7.40. The highest BCUT2D eigenvalue weighted by atomic mass is 16.6. The normalized spacial score (nSPS) is 11.1. The minimum atomic E-state index is -0.930. The smallest absolute Gasteiger partial charge is 0.500 e. The van der Waals surface area contributed by atoms with Crippen LogP contribution in [0.1, 0.15) is 0 Å². The van der Waals surface area contributed by atoms with Crippen LogP contribution in [0.2, 0.25) is 0 Å². The first-order chi connectivity index (χ1) is 6.04. The molecule has 2 aromatic rings. The highest BCUT2D eigenvalue weighted by molar-refractivity contribution is 5.89. The molecule has 0 spiro atoms. The number of imidazole rings is 1. The summed E-state index contributed by atoms with van der Waals surface area (Å²) < 4.78 is 4.87. The van der Waals surface area contributed by atoms with E-state index in [1.807, 2.05) is 0 Å². The maximum Gasteiger partial charge on any atom is 0.500 e. The zero-order valence-corrected chi connectivity index (χ0v) is 6.26. The van der Waals surface area contributed by atoms with Crippen molar-refractivity contribution >= 4 is 22.8 Å². The van der Waals surface area contributed by atoms with Crippen LogP contribution in [0.5, 0.6) is 6.01 Å². The quantitative estimate of drug-likeness (QED) is 0.236. The monoisotopic (exact) mass is 186 g/mol. The molecular weight excluding hydrogens is 180 g/mol. The lowest BCUT2D eigenvalue weighted by Gasteiger charge is -1.94. The number of aromatic hydroxyl groups is 1. The largest absolute Gasteiger partial charge is 0.705 e. The van der Waals surface area contributed by atoms with Crippen LogP contribution in [0.4, 0.5) is 11.6 Å². The van der Waals surface area contributed by atoms with Gasteiger partial charge in [0.05, 0.1) is 0 Å². The molecule has 0 saturated carbocycles. The van der Waals surface area contributed by atoms with Crippen molar-refractivity contribution in [3.8, 4) is 6.01 Å². The van der Waals surface area contributed by atoms with Crippen molar-refractivity contribution in [2.24, 2.45) is 0 Å². The van der Waals surface area contributed by atoms with Gasteiger partial charge in [0.2, 0.25) is 5.88 Å². The molecule has 0 fully saturated rings. The Bertz CT molecular complexity index is 484. The third-order valence-electron chi connectivity index (χ3n) is 1.70. The molecule has 0 amide bonds. The fourth-order valence-electron chi connectivity index (χ4n) is 1.06. The van der Waals surface area contributed by atoms with E-state index in [1.165, 1.54) is 0 Å². The Morgan fingerprint density at radius 1 is 1.46 bits per heavy atom. The summed E-state index contributed by atoms with van der Waals surface area (Å²) in [6, 6.07) is -0.930. The second kappa shape index (κ2) is 1.91. The predicted octanol–water partition coefficient (Wildman–Crippen LogP) is -1.03. The molecule has 8 heteroatoms. The number of fused-ring (bicyclic) bond motifs is 1. The highest BCUT2D eigenvalue weighted by Gasteiger charge is 2.29. The number of furan rings is 1. The van der Waals surface area contributed by atoms with Crippen LogP contribution in [-0.4, -0.2) is 15.0 Å². The molecule has 0 saturated heterocycles. The van der Waals surface area contributed by atoms with Gasteiger partial charge in [0, 0.05) is 4.73 Å². The molecule has 0 radical (unpaired) electrons. The van der Waals surface area contributed by atoms with Gasteiger partial charge >= 0.3 is 11.7 Å². The van der Waals surface area contributed by atoms with Crippen molar-refractivity contribution in [2.45, 2.75) is 0 Å². The first-order valence-electron chi connectivity index (χ1n) is 3.24. The average molecular weight is 186 g/mol. The van der Waals surface area contributed by atoms with Gasteiger partial charge in [-0.25, -0.2) is 0 Å². The van der Waals surface area contributed by atoms with Crippen molar-refractivity contribution in [3.05, 3.63) is 5.21 Å². The molecule has 6 N–H and O–H groups in total. The topological polar surface area (TPSA) is 138 Å². The molecule has 2 rings (SSSR count). The minimum absolute atomic E-state index is 0.0257. The molecule has 0 unspecified atom stereocenters. The number of nitrogens with two attached hydrogens (primary N) is 2. The minimum Gasteiger partial charge on any atom is -0.705 e. The van der Waals surface area contributed by atoms with Crippen LogP contribution >= 0.6 is 0 Å². The van der Waals surface area contributed by atoms with Crippen molar-refractivity contribution in [1.29, 1.82) is 0 Å². The van der Waals surface area contributed by atoms with E-state index in [1.54, 1.807) is 0 Å². The number of anilines is 2. The van der Waals surface area contributed by atoms with Crippen LogP contribution in [0.3, 0.4) is 0 Å². The fourth-order valence-corrected chi connectivity index (χ4v) is 1.06. The Kier molecular flexibility index (Phi) is 1.09. The number of hydrogen-bond acceptors (Lipinski definition) is 6. The van der Waals surface area contributed by atoms with Crippen LogP contribution in [0.15, 0.2) is 4.42 Å². The van der Waals surface area contributed by atoms with Crippen molar-refractivity contribution < 1.29 is 19.5 Å². The summed E-state index contributed by atoms with van der Waals surface area (Å²) >= 11 is 0. The molecule has 0 bridgehead atoms. The lowest BCUT2D eigenvalue weighted by molar-refractivity contribution is -0.595. The van der Waals surface area contributed by atoms with E-state index < -0.39 is 6.01 Å². The van der Waals surface area contributed by atoms with Gasteiger partial charge < -0.3 is 31.4 Å². The standard InChI is InChI=1S/C5H6N4O4/c6-1-2-4(13-3(1)7)9(12)5(10)8(2)11/h10-11H,6-7H2. The number of rotatable bonds is 0. The zero-order valence-electron chi connectivity index (χ0n) is 6.26. The molecule has 0 aliphatic rings. The highest BCUT2D eigenvalue weighted by Crippen LogP contribution is 2.30. The molecule has 13 heavy (non-hydrogen) atoms. The van der Waals surface area contributed by atoms with E-state index in [0.29, 0.717) is 0 Å². The third kappa shape index (κ3) is 0.662. The van der Waals surface area contributed by atoms with Gasteiger partial charge in [0.1, 0.15) is 0 Å². The van der Waals surface area contributed by atoms with Crippen LogP contribution in [-0.2, 0) is 0 Å². The number of hydrogen-bond donors (Lipinski definition) is 4. The summed E-state index contributed by atoms with van der Waals surface area (Å²) in [6.07, 6.45) is 0. The van der Waals surface area contributed by atoms with Gasteiger partial charge in [-0.1, -0.05) is 0 Å². The Morgan fingerprint density at radius 2 is 2.08 bits per heavy atom. The average Bonchev–Trinajstić information content (AvgIpc) is 2.48. The summed E-state index contributed by atoms with van der Waals surface area (Å²) in [7, 11) is 0. The summed E-state index contributed by atoms with van der Waals surface area (Å²) in [4.78, 5) is 0. The summed E-state index contributed by atoms with van der Waals surface area (Å²) in [5, 5.41) is 29.1. The fraction of sp³-hybridized carbons (Fsp3) is 0. The van der Waals surface area contributed by atoms with Crippen molar-refractivity contribution in [2.75, 3.05) is 11.5 Å². The molecule has 70 valence electrons. The van der Waals surface area contributed by atoms with Gasteiger partial charge in [0.15, 0.2) is 5.69 Å². The van der Waals surface area contributed by atoms with E-state index in [9.17, 15) is 5.21 Å². The summed E-state index contributed by atoms with van der Waals surface area (Å²) in [5.41, 5.74) is 10.0. The molecular formula is C5H6N4O4. The second-order valence-electron chi connectivity index (χ2n) is 2.44.